The maximum absolute atomic E-state index is 6.19. The molecule has 0 saturated carbocycles. The first-order valence-corrected chi connectivity index (χ1v) is 8.17. The molecule has 1 aromatic rings. The van der Waals surface area contributed by atoms with Gasteiger partial charge in [-0.15, -0.1) is 0 Å². The van der Waals surface area contributed by atoms with E-state index in [1.54, 1.807) is 0 Å². The molecule has 3 aliphatic heterocycles. The third kappa shape index (κ3) is 2.64. The zero-order valence-corrected chi connectivity index (χ0v) is 12.6. The standard InChI is InChI=1S/C17H24N3O/c1-2-6-15(7-3-1)14-21-16-12-19-10-4-8-18-9-5-11-20(13-16)17(18)19/h1-3,6-7,16H,4-5,8-14H2/q+1. The number of guanidine groups is 1. The molecule has 1 aromatic carbocycles. The van der Waals surface area contributed by atoms with Gasteiger partial charge in [0.25, 0.3) is 0 Å². The molecule has 1 unspecified atom stereocenters. The lowest BCUT2D eigenvalue weighted by atomic mass is 10.1. The van der Waals surface area contributed by atoms with E-state index in [0.29, 0.717) is 6.10 Å². The number of hydrogen-bond acceptors (Lipinski definition) is 3. The van der Waals surface area contributed by atoms with Gasteiger partial charge in [0.05, 0.1) is 45.9 Å². The van der Waals surface area contributed by atoms with Gasteiger partial charge in [-0.25, -0.2) is 0 Å². The summed E-state index contributed by atoms with van der Waals surface area (Å²) >= 11 is 0. The van der Waals surface area contributed by atoms with E-state index in [2.05, 4.69) is 44.7 Å². The van der Waals surface area contributed by atoms with Gasteiger partial charge in [0.2, 0.25) is 0 Å². The van der Waals surface area contributed by atoms with Gasteiger partial charge in [0.15, 0.2) is 0 Å². The summed E-state index contributed by atoms with van der Waals surface area (Å²) in [5.74, 6) is 1.48. The lowest BCUT2D eigenvalue weighted by molar-refractivity contribution is -0.560. The van der Waals surface area contributed by atoms with Crippen LogP contribution in [0.2, 0.25) is 0 Å². The molecule has 0 aromatic heterocycles. The maximum Gasteiger partial charge on any atom is 0.350 e. The molecule has 4 rings (SSSR count). The maximum atomic E-state index is 6.19. The average Bonchev–Trinajstić information content (AvgIpc) is 2.54. The Morgan fingerprint density at radius 2 is 1.86 bits per heavy atom. The highest BCUT2D eigenvalue weighted by atomic mass is 16.5. The van der Waals surface area contributed by atoms with Crippen molar-refractivity contribution in [2.75, 3.05) is 39.3 Å². The fraction of sp³-hybridized carbons (Fsp3) is 0.588. The van der Waals surface area contributed by atoms with E-state index in [1.165, 1.54) is 50.5 Å². The van der Waals surface area contributed by atoms with Crippen LogP contribution in [0.3, 0.4) is 0 Å². The summed E-state index contributed by atoms with van der Waals surface area (Å²) in [6, 6.07) is 10.5. The van der Waals surface area contributed by atoms with Crippen LogP contribution < -0.4 is 0 Å². The lowest BCUT2D eigenvalue weighted by Gasteiger charge is -2.42. The topological polar surface area (TPSA) is 18.7 Å². The van der Waals surface area contributed by atoms with Crippen LogP contribution in [-0.2, 0) is 11.3 Å². The zero-order valence-electron chi connectivity index (χ0n) is 12.6. The second kappa shape index (κ2) is 5.68. The second-order valence-corrected chi connectivity index (χ2v) is 6.30. The number of ether oxygens (including phenoxy) is 1. The number of nitrogens with zero attached hydrogens (tertiary/aromatic N) is 3. The second-order valence-electron chi connectivity index (χ2n) is 6.30. The van der Waals surface area contributed by atoms with Crippen molar-refractivity contribution in [3.63, 3.8) is 0 Å². The summed E-state index contributed by atoms with van der Waals surface area (Å²) in [5.41, 5.74) is 1.27. The van der Waals surface area contributed by atoms with E-state index in [0.717, 1.165) is 19.7 Å². The third-order valence-electron chi connectivity index (χ3n) is 4.74. The highest BCUT2D eigenvalue weighted by Gasteiger charge is 2.41. The van der Waals surface area contributed by atoms with Gasteiger partial charge in [-0.2, -0.15) is 0 Å². The van der Waals surface area contributed by atoms with Crippen molar-refractivity contribution in [3.05, 3.63) is 35.9 Å². The van der Waals surface area contributed by atoms with Gasteiger partial charge in [0, 0.05) is 12.8 Å². The molecule has 4 nitrogen and oxygen atoms in total. The monoisotopic (exact) mass is 286 g/mol. The van der Waals surface area contributed by atoms with Crippen molar-refractivity contribution in [3.8, 4) is 0 Å². The summed E-state index contributed by atoms with van der Waals surface area (Å²) in [7, 11) is 0. The van der Waals surface area contributed by atoms with Crippen molar-refractivity contribution in [1.82, 2.24) is 9.80 Å². The molecule has 0 spiro atoms. The molecule has 21 heavy (non-hydrogen) atoms. The highest BCUT2D eigenvalue weighted by molar-refractivity contribution is 5.76. The molecule has 3 heterocycles. The SMILES string of the molecule is c1ccc(COC2CN3CCCN4CCC[N+](=C43)C2)cc1. The van der Waals surface area contributed by atoms with E-state index in [4.69, 9.17) is 4.74 Å². The van der Waals surface area contributed by atoms with Crippen LogP contribution >= 0.6 is 0 Å². The Labute approximate surface area is 126 Å². The zero-order chi connectivity index (χ0) is 14.1. The summed E-state index contributed by atoms with van der Waals surface area (Å²) < 4.78 is 8.74. The quantitative estimate of drug-likeness (QED) is 0.782. The van der Waals surface area contributed by atoms with E-state index in [1.807, 2.05) is 0 Å². The van der Waals surface area contributed by atoms with E-state index < -0.39 is 0 Å². The minimum atomic E-state index is 0.326. The van der Waals surface area contributed by atoms with Crippen LogP contribution in [0.4, 0.5) is 0 Å². The summed E-state index contributed by atoms with van der Waals surface area (Å²) in [4.78, 5) is 5.11. The molecule has 0 amide bonds. The van der Waals surface area contributed by atoms with E-state index in [9.17, 15) is 0 Å². The Balaban J connectivity index is 1.45. The summed E-state index contributed by atoms with van der Waals surface area (Å²) in [6.07, 6.45) is 2.89. The van der Waals surface area contributed by atoms with Gasteiger partial charge in [0.1, 0.15) is 6.10 Å². The predicted molar refractivity (Wildman–Crippen MR) is 82.4 cm³/mol. The molecule has 0 radical (unpaired) electrons. The van der Waals surface area contributed by atoms with Crippen molar-refractivity contribution in [2.24, 2.45) is 0 Å². The molecule has 4 heteroatoms. The van der Waals surface area contributed by atoms with Gasteiger partial charge in [-0.3, -0.25) is 14.4 Å². The summed E-state index contributed by atoms with van der Waals surface area (Å²) in [6.45, 7) is 7.67. The fourth-order valence-corrected chi connectivity index (χ4v) is 3.81. The molecule has 0 aliphatic carbocycles. The van der Waals surface area contributed by atoms with Crippen LogP contribution in [0, 0.1) is 0 Å². The number of hydrogen-bond donors (Lipinski definition) is 0. The van der Waals surface area contributed by atoms with Crippen molar-refractivity contribution >= 4 is 5.96 Å². The lowest BCUT2D eigenvalue weighted by Crippen LogP contribution is -2.63. The molecule has 112 valence electrons. The fourth-order valence-electron chi connectivity index (χ4n) is 3.81. The van der Waals surface area contributed by atoms with Crippen LogP contribution in [0.15, 0.2) is 30.3 Å². The number of benzene rings is 1. The highest BCUT2D eigenvalue weighted by Crippen LogP contribution is 2.19. The molecule has 0 bridgehead atoms. The van der Waals surface area contributed by atoms with Gasteiger partial charge >= 0.3 is 5.96 Å². The summed E-state index contributed by atoms with van der Waals surface area (Å²) in [5, 5.41) is 0. The van der Waals surface area contributed by atoms with E-state index in [-0.39, 0.29) is 0 Å². The predicted octanol–water partition coefficient (Wildman–Crippen LogP) is 1.37. The normalized spacial score (nSPS) is 25.0. The first-order chi connectivity index (χ1) is 10.4. The first kappa shape index (κ1) is 13.1. The minimum Gasteiger partial charge on any atom is -0.367 e. The van der Waals surface area contributed by atoms with Crippen molar-refractivity contribution in [1.29, 1.82) is 0 Å². The molecular formula is C17H24N3O+. The van der Waals surface area contributed by atoms with Crippen molar-refractivity contribution in [2.45, 2.75) is 25.6 Å². The van der Waals surface area contributed by atoms with E-state index >= 15 is 0 Å². The van der Waals surface area contributed by atoms with Crippen LogP contribution in [0.5, 0.6) is 0 Å². The molecule has 1 saturated heterocycles. The van der Waals surface area contributed by atoms with Crippen LogP contribution in [0.25, 0.3) is 0 Å². The smallest absolute Gasteiger partial charge is 0.350 e. The van der Waals surface area contributed by atoms with Gasteiger partial charge < -0.3 is 4.74 Å². The minimum absolute atomic E-state index is 0.326. The van der Waals surface area contributed by atoms with Crippen molar-refractivity contribution < 1.29 is 9.31 Å². The largest absolute Gasteiger partial charge is 0.367 e. The Bertz CT molecular complexity index is 528. The Morgan fingerprint density at radius 3 is 2.76 bits per heavy atom. The molecule has 1 fully saturated rings. The average molecular weight is 286 g/mol. The van der Waals surface area contributed by atoms with Gasteiger partial charge in [-0.1, -0.05) is 30.3 Å². The molecule has 3 aliphatic rings. The Morgan fingerprint density at radius 1 is 1.05 bits per heavy atom. The third-order valence-corrected chi connectivity index (χ3v) is 4.74. The number of rotatable bonds is 3. The molecular weight excluding hydrogens is 262 g/mol. The first-order valence-electron chi connectivity index (χ1n) is 8.17. The Kier molecular flexibility index (Phi) is 3.55. The van der Waals surface area contributed by atoms with Gasteiger partial charge in [-0.05, 0) is 5.56 Å². The molecule has 1 atom stereocenters. The Hall–Kier alpha value is -1.55. The van der Waals surface area contributed by atoms with Crippen LogP contribution in [0.1, 0.15) is 18.4 Å². The molecule has 0 N–H and O–H groups in total. The van der Waals surface area contributed by atoms with Crippen LogP contribution in [-0.4, -0.2) is 65.7 Å².